The minimum Gasteiger partial charge on any atom is -0.299 e. The molecule has 0 N–H and O–H groups in total. The molecule has 0 amide bonds. The standard InChI is InChI=1S/C19H21O/c1-2-19-12-11-15-14-6-4-3-5-13(14)7-8-16(15)17(19)9-10-18(19)20/h4-6,17H,2,7-12H2,1H3/t17-,19-/m0/s1. The first-order chi connectivity index (χ1) is 9.76. The van der Waals surface area contributed by atoms with Gasteiger partial charge >= 0.3 is 0 Å². The Labute approximate surface area is 121 Å². The van der Waals surface area contributed by atoms with Crippen LogP contribution in [0.15, 0.2) is 23.8 Å². The molecule has 1 aromatic carbocycles. The lowest BCUT2D eigenvalue weighted by Crippen LogP contribution is -2.36. The summed E-state index contributed by atoms with van der Waals surface area (Å²) in [6, 6.07) is 9.64. The van der Waals surface area contributed by atoms with Gasteiger partial charge in [-0.2, -0.15) is 0 Å². The van der Waals surface area contributed by atoms with Crippen LogP contribution >= 0.6 is 0 Å². The highest BCUT2D eigenvalue weighted by atomic mass is 16.1. The van der Waals surface area contributed by atoms with E-state index in [-0.39, 0.29) is 5.41 Å². The molecule has 0 aliphatic heterocycles. The fourth-order valence-corrected chi connectivity index (χ4v) is 5.02. The molecule has 0 saturated heterocycles. The molecule has 1 heteroatoms. The fourth-order valence-electron chi connectivity index (χ4n) is 5.02. The number of hydrogen-bond acceptors (Lipinski definition) is 1. The number of allylic oxidation sites excluding steroid dienone is 2. The van der Waals surface area contributed by atoms with E-state index in [1.165, 1.54) is 17.5 Å². The Hall–Kier alpha value is -1.37. The molecule has 103 valence electrons. The average molecular weight is 265 g/mol. The monoisotopic (exact) mass is 265 g/mol. The maximum Gasteiger partial charge on any atom is 0.139 e. The van der Waals surface area contributed by atoms with Gasteiger partial charge in [0.25, 0.3) is 0 Å². The minimum atomic E-state index is -0.00274. The number of carbonyl (C=O) groups excluding carboxylic acids is 1. The Morgan fingerprint density at radius 2 is 2.20 bits per heavy atom. The van der Waals surface area contributed by atoms with E-state index >= 15 is 0 Å². The van der Waals surface area contributed by atoms with Gasteiger partial charge in [0.2, 0.25) is 0 Å². The molecule has 1 fully saturated rings. The van der Waals surface area contributed by atoms with Crippen LogP contribution in [0.2, 0.25) is 0 Å². The number of Topliss-reactive ketones (excluding diaryl/α,β-unsaturated/α-hetero) is 1. The number of hydrogen-bond donors (Lipinski definition) is 0. The molecule has 0 unspecified atom stereocenters. The largest absolute Gasteiger partial charge is 0.299 e. The summed E-state index contributed by atoms with van der Waals surface area (Å²) in [5.41, 5.74) is 6.11. The van der Waals surface area contributed by atoms with Crippen molar-refractivity contribution < 1.29 is 4.79 Å². The Morgan fingerprint density at radius 1 is 1.30 bits per heavy atom. The van der Waals surface area contributed by atoms with Gasteiger partial charge in [0.15, 0.2) is 0 Å². The Kier molecular flexibility index (Phi) is 2.67. The molecule has 1 aromatic rings. The van der Waals surface area contributed by atoms with Gasteiger partial charge in [-0.05, 0) is 67.2 Å². The van der Waals surface area contributed by atoms with Crippen molar-refractivity contribution in [1.29, 1.82) is 0 Å². The van der Waals surface area contributed by atoms with Gasteiger partial charge in [0.05, 0.1) is 0 Å². The number of aryl methyl sites for hydroxylation is 1. The molecule has 1 radical (unpaired) electrons. The first kappa shape index (κ1) is 12.4. The van der Waals surface area contributed by atoms with Gasteiger partial charge in [0.1, 0.15) is 5.78 Å². The Morgan fingerprint density at radius 3 is 3.05 bits per heavy atom. The summed E-state index contributed by atoms with van der Waals surface area (Å²) in [4.78, 5) is 12.5. The van der Waals surface area contributed by atoms with E-state index in [1.807, 2.05) is 6.07 Å². The van der Waals surface area contributed by atoms with Crippen LogP contribution in [0.4, 0.5) is 0 Å². The van der Waals surface area contributed by atoms with Crippen molar-refractivity contribution in [2.45, 2.75) is 51.9 Å². The van der Waals surface area contributed by atoms with Crippen molar-refractivity contribution >= 4 is 11.4 Å². The minimum absolute atomic E-state index is 0.00274. The zero-order valence-electron chi connectivity index (χ0n) is 12.2. The smallest absolute Gasteiger partial charge is 0.139 e. The molecule has 0 heterocycles. The van der Waals surface area contributed by atoms with E-state index < -0.39 is 0 Å². The van der Waals surface area contributed by atoms with Crippen molar-refractivity contribution in [2.75, 3.05) is 0 Å². The molecule has 0 spiro atoms. The highest BCUT2D eigenvalue weighted by Gasteiger charge is 2.52. The van der Waals surface area contributed by atoms with Crippen LogP contribution < -0.4 is 0 Å². The maximum absolute atomic E-state index is 12.5. The summed E-state index contributed by atoms with van der Waals surface area (Å²) in [6.45, 7) is 2.22. The molecule has 20 heavy (non-hydrogen) atoms. The first-order valence-electron chi connectivity index (χ1n) is 8.01. The van der Waals surface area contributed by atoms with E-state index in [4.69, 9.17) is 0 Å². The topological polar surface area (TPSA) is 17.1 Å². The second-order valence-electron chi connectivity index (χ2n) is 6.61. The van der Waals surface area contributed by atoms with Crippen molar-refractivity contribution in [2.24, 2.45) is 11.3 Å². The van der Waals surface area contributed by atoms with Crippen molar-refractivity contribution in [3.63, 3.8) is 0 Å². The quantitative estimate of drug-likeness (QED) is 0.737. The molecule has 1 saturated carbocycles. The molecular weight excluding hydrogens is 244 g/mol. The predicted molar refractivity (Wildman–Crippen MR) is 80.2 cm³/mol. The second kappa shape index (κ2) is 4.31. The van der Waals surface area contributed by atoms with E-state index in [0.29, 0.717) is 11.7 Å². The van der Waals surface area contributed by atoms with Crippen LogP contribution in [0, 0.1) is 17.4 Å². The van der Waals surface area contributed by atoms with Crippen LogP contribution in [0.5, 0.6) is 0 Å². The highest BCUT2D eigenvalue weighted by molar-refractivity contribution is 5.90. The highest BCUT2D eigenvalue weighted by Crippen LogP contribution is 2.57. The zero-order valence-corrected chi connectivity index (χ0v) is 12.2. The molecular formula is C19H21O. The van der Waals surface area contributed by atoms with E-state index in [1.54, 1.807) is 11.1 Å². The zero-order chi connectivity index (χ0) is 13.7. The molecule has 4 rings (SSSR count). The lowest BCUT2D eigenvalue weighted by atomic mass is 9.61. The number of rotatable bonds is 1. The molecule has 0 bridgehead atoms. The summed E-state index contributed by atoms with van der Waals surface area (Å²) in [5.74, 6) is 1.09. The number of benzene rings is 1. The summed E-state index contributed by atoms with van der Waals surface area (Å²) in [6.07, 6.45) is 7.41. The van der Waals surface area contributed by atoms with Gasteiger partial charge in [-0.3, -0.25) is 4.79 Å². The molecule has 0 aromatic heterocycles. The number of carbonyl (C=O) groups is 1. The lowest BCUT2D eigenvalue weighted by Gasteiger charge is -2.42. The van der Waals surface area contributed by atoms with Gasteiger partial charge in [-0.1, -0.05) is 30.7 Å². The van der Waals surface area contributed by atoms with Gasteiger partial charge in [-0.15, -0.1) is 0 Å². The van der Waals surface area contributed by atoms with E-state index in [9.17, 15) is 4.79 Å². The van der Waals surface area contributed by atoms with Gasteiger partial charge in [-0.25, -0.2) is 0 Å². The normalized spacial score (nSPS) is 31.9. The Balaban J connectivity index is 1.85. The Bertz CT molecular complexity index is 610. The summed E-state index contributed by atoms with van der Waals surface area (Å²) in [7, 11) is 0. The molecule has 1 nitrogen and oxygen atoms in total. The number of ketones is 1. The molecule has 3 aliphatic rings. The summed E-state index contributed by atoms with van der Waals surface area (Å²) >= 11 is 0. The fraction of sp³-hybridized carbons (Fsp3) is 0.526. The third kappa shape index (κ3) is 1.47. The van der Waals surface area contributed by atoms with E-state index in [2.05, 4.69) is 25.1 Å². The lowest BCUT2D eigenvalue weighted by molar-refractivity contribution is -0.127. The van der Waals surface area contributed by atoms with Crippen molar-refractivity contribution in [1.82, 2.24) is 0 Å². The molecule has 3 aliphatic carbocycles. The van der Waals surface area contributed by atoms with Crippen LogP contribution in [-0.4, -0.2) is 5.78 Å². The van der Waals surface area contributed by atoms with Crippen molar-refractivity contribution in [3.8, 4) is 0 Å². The molecule has 2 atom stereocenters. The van der Waals surface area contributed by atoms with Crippen LogP contribution in [-0.2, 0) is 11.2 Å². The third-order valence-corrected chi connectivity index (χ3v) is 6.08. The van der Waals surface area contributed by atoms with E-state index in [0.717, 1.165) is 38.5 Å². The van der Waals surface area contributed by atoms with Crippen molar-refractivity contribution in [3.05, 3.63) is 41.0 Å². The SMILES string of the molecule is CC[C@]12CCC3=C(CCc4c[c]ccc43)[C@@H]1CCC2=O. The maximum atomic E-state index is 12.5. The third-order valence-electron chi connectivity index (χ3n) is 6.08. The van der Waals surface area contributed by atoms with Crippen LogP contribution in [0.1, 0.15) is 56.6 Å². The average Bonchev–Trinajstić information content (AvgIpc) is 2.85. The van der Waals surface area contributed by atoms with Crippen LogP contribution in [0.25, 0.3) is 5.57 Å². The van der Waals surface area contributed by atoms with Gasteiger partial charge in [0, 0.05) is 11.8 Å². The first-order valence-corrected chi connectivity index (χ1v) is 8.01. The summed E-state index contributed by atoms with van der Waals surface area (Å²) < 4.78 is 0. The second-order valence-corrected chi connectivity index (χ2v) is 6.61. The summed E-state index contributed by atoms with van der Waals surface area (Å²) in [5, 5.41) is 0. The van der Waals surface area contributed by atoms with Crippen LogP contribution in [0.3, 0.4) is 0 Å². The number of fused-ring (bicyclic) bond motifs is 4. The predicted octanol–water partition coefficient (Wildman–Crippen LogP) is 4.36. The van der Waals surface area contributed by atoms with Gasteiger partial charge < -0.3 is 0 Å².